The van der Waals surface area contributed by atoms with Gasteiger partial charge in [0.15, 0.2) is 4.77 Å². The van der Waals surface area contributed by atoms with Crippen molar-refractivity contribution < 1.29 is 0 Å². The Hall–Kier alpha value is -1.53. The van der Waals surface area contributed by atoms with E-state index < -0.39 is 0 Å². The van der Waals surface area contributed by atoms with Crippen molar-refractivity contribution in [1.82, 2.24) is 14.1 Å². The lowest BCUT2D eigenvalue weighted by molar-refractivity contribution is 0.637. The molecule has 0 radical (unpaired) electrons. The molecule has 0 unspecified atom stereocenters. The van der Waals surface area contributed by atoms with Crippen molar-refractivity contribution in [2.75, 3.05) is 11.9 Å². The van der Waals surface area contributed by atoms with Gasteiger partial charge in [-0.1, -0.05) is 30.3 Å². The molecule has 2 heterocycles. The van der Waals surface area contributed by atoms with Gasteiger partial charge in [-0.05, 0) is 30.0 Å². The van der Waals surface area contributed by atoms with Crippen molar-refractivity contribution >= 4 is 30.4 Å². The monoisotopic (exact) mass is 276 g/mol. The van der Waals surface area contributed by atoms with Crippen LogP contribution in [-0.4, -0.2) is 20.7 Å². The number of nitrogens with zero attached hydrogens (tertiary/aromatic N) is 3. The molecule has 0 spiro atoms. The molecule has 4 nitrogen and oxygen atoms in total. The summed E-state index contributed by atoms with van der Waals surface area (Å²) in [4.78, 5) is 4.37. The standard InChI is InChI=1S/C12H12N4S2/c17-11-14-10-13-6-7-15(10)12(18)16(11)8-9-4-2-1-3-5-9/h1-5H,6-8H2,(H,13,14,17). The van der Waals surface area contributed by atoms with Gasteiger partial charge in [0.05, 0.1) is 6.54 Å². The zero-order valence-corrected chi connectivity index (χ0v) is 11.3. The van der Waals surface area contributed by atoms with E-state index in [0.717, 1.165) is 23.8 Å². The molecule has 92 valence electrons. The number of benzene rings is 1. The van der Waals surface area contributed by atoms with E-state index in [1.165, 1.54) is 5.56 Å². The van der Waals surface area contributed by atoms with Crippen molar-refractivity contribution in [2.45, 2.75) is 13.1 Å². The Bertz CT molecular complexity index is 687. The van der Waals surface area contributed by atoms with E-state index in [0.29, 0.717) is 11.3 Å². The fourth-order valence-electron chi connectivity index (χ4n) is 2.05. The van der Waals surface area contributed by atoms with Crippen molar-refractivity contribution in [3.05, 3.63) is 45.4 Å². The zero-order chi connectivity index (χ0) is 12.5. The van der Waals surface area contributed by atoms with Gasteiger partial charge in [-0.25, -0.2) is 0 Å². The van der Waals surface area contributed by atoms with Crippen LogP contribution in [0.3, 0.4) is 0 Å². The minimum atomic E-state index is 0.532. The zero-order valence-electron chi connectivity index (χ0n) is 9.67. The average Bonchev–Trinajstić information content (AvgIpc) is 2.84. The topological polar surface area (TPSA) is 34.8 Å². The molecule has 6 heteroatoms. The highest BCUT2D eigenvalue weighted by molar-refractivity contribution is 7.72. The summed E-state index contributed by atoms with van der Waals surface area (Å²) in [6, 6.07) is 10.1. The Morgan fingerprint density at radius 3 is 2.78 bits per heavy atom. The molecule has 0 saturated carbocycles. The van der Waals surface area contributed by atoms with Gasteiger partial charge >= 0.3 is 0 Å². The van der Waals surface area contributed by atoms with Crippen LogP contribution in [0.25, 0.3) is 0 Å². The van der Waals surface area contributed by atoms with Crippen LogP contribution in [0.2, 0.25) is 0 Å². The lowest BCUT2D eigenvalue weighted by Gasteiger charge is -2.11. The summed E-state index contributed by atoms with van der Waals surface area (Å²) in [7, 11) is 0. The van der Waals surface area contributed by atoms with Gasteiger partial charge in [-0.3, -0.25) is 9.13 Å². The van der Waals surface area contributed by atoms with Crippen LogP contribution in [0.5, 0.6) is 0 Å². The van der Waals surface area contributed by atoms with E-state index in [9.17, 15) is 0 Å². The molecule has 2 aromatic rings. The van der Waals surface area contributed by atoms with Crippen molar-refractivity contribution in [1.29, 1.82) is 0 Å². The predicted molar refractivity (Wildman–Crippen MR) is 75.9 cm³/mol. The summed E-state index contributed by atoms with van der Waals surface area (Å²) in [6.45, 7) is 2.39. The summed E-state index contributed by atoms with van der Waals surface area (Å²) >= 11 is 10.8. The molecule has 0 saturated heterocycles. The maximum atomic E-state index is 5.48. The Morgan fingerprint density at radius 2 is 2.00 bits per heavy atom. The Kier molecular flexibility index (Phi) is 2.97. The van der Waals surface area contributed by atoms with Crippen LogP contribution in [0, 0.1) is 9.54 Å². The van der Waals surface area contributed by atoms with Crippen LogP contribution in [-0.2, 0) is 13.1 Å². The van der Waals surface area contributed by atoms with Crippen LogP contribution < -0.4 is 5.32 Å². The highest BCUT2D eigenvalue weighted by Gasteiger charge is 2.13. The fraction of sp³-hybridized carbons (Fsp3) is 0.250. The highest BCUT2D eigenvalue weighted by Crippen LogP contribution is 2.13. The number of nitrogens with one attached hydrogen (secondary N) is 1. The third kappa shape index (κ3) is 1.97. The third-order valence-electron chi connectivity index (χ3n) is 2.95. The molecule has 0 bridgehead atoms. The minimum Gasteiger partial charge on any atom is -0.354 e. The third-order valence-corrected chi connectivity index (χ3v) is 3.70. The van der Waals surface area contributed by atoms with Gasteiger partial charge in [0, 0.05) is 13.1 Å². The number of hydrogen-bond donors (Lipinski definition) is 1. The Balaban J connectivity index is 2.08. The molecular formula is C12H12N4S2. The van der Waals surface area contributed by atoms with Crippen LogP contribution >= 0.6 is 24.4 Å². The quantitative estimate of drug-likeness (QED) is 0.855. The van der Waals surface area contributed by atoms with Crippen LogP contribution in [0.1, 0.15) is 5.56 Å². The molecule has 1 aliphatic heterocycles. The Morgan fingerprint density at radius 1 is 1.22 bits per heavy atom. The maximum absolute atomic E-state index is 5.48. The predicted octanol–water partition coefficient (Wildman–Crippen LogP) is 2.62. The fourth-order valence-corrected chi connectivity index (χ4v) is 2.67. The summed E-state index contributed by atoms with van der Waals surface area (Å²) < 4.78 is 5.16. The van der Waals surface area contributed by atoms with Crippen LogP contribution in [0.15, 0.2) is 30.3 Å². The number of anilines is 1. The molecular weight excluding hydrogens is 264 g/mol. The first-order chi connectivity index (χ1) is 8.75. The first-order valence-electron chi connectivity index (χ1n) is 5.75. The van der Waals surface area contributed by atoms with E-state index in [1.807, 2.05) is 27.3 Å². The number of fused-ring (bicyclic) bond motifs is 1. The lowest BCUT2D eigenvalue weighted by atomic mass is 10.2. The van der Waals surface area contributed by atoms with E-state index in [1.54, 1.807) is 0 Å². The van der Waals surface area contributed by atoms with Crippen molar-refractivity contribution in [3.8, 4) is 0 Å². The van der Waals surface area contributed by atoms with E-state index in [2.05, 4.69) is 22.4 Å². The summed E-state index contributed by atoms with van der Waals surface area (Å²) in [5, 5.41) is 3.18. The molecule has 0 amide bonds. The van der Waals surface area contributed by atoms with E-state index in [-0.39, 0.29) is 0 Å². The largest absolute Gasteiger partial charge is 0.354 e. The van der Waals surface area contributed by atoms with Gasteiger partial charge in [0.25, 0.3) is 0 Å². The van der Waals surface area contributed by atoms with Crippen LogP contribution in [0.4, 0.5) is 5.95 Å². The number of aromatic nitrogens is 3. The SMILES string of the molecule is S=c1nc2n(c(=S)n1Cc1ccccc1)CCN2. The van der Waals surface area contributed by atoms with E-state index in [4.69, 9.17) is 24.4 Å². The van der Waals surface area contributed by atoms with Gasteiger partial charge in [-0.15, -0.1) is 0 Å². The van der Waals surface area contributed by atoms with Gasteiger partial charge in [0.1, 0.15) is 0 Å². The lowest BCUT2D eigenvalue weighted by Crippen LogP contribution is -2.12. The van der Waals surface area contributed by atoms with Crippen molar-refractivity contribution in [3.63, 3.8) is 0 Å². The molecule has 1 N–H and O–H groups in total. The first-order valence-corrected chi connectivity index (χ1v) is 6.57. The second-order valence-electron chi connectivity index (χ2n) is 4.15. The van der Waals surface area contributed by atoms with Crippen molar-refractivity contribution in [2.24, 2.45) is 0 Å². The molecule has 0 atom stereocenters. The summed E-state index contributed by atoms with van der Waals surface area (Å²) in [6.07, 6.45) is 0. The summed E-state index contributed by atoms with van der Waals surface area (Å²) in [5.74, 6) is 0.786. The number of rotatable bonds is 2. The Labute approximate surface area is 115 Å². The molecule has 18 heavy (non-hydrogen) atoms. The summed E-state index contributed by atoms with van der Waals surface area (Å²) in [5.41, 5.74) is 1.17. The second kappa shape index (κ2) is 4.62. The molecule has 0 fully saturated rings. The normalized spacial score (nSPS) is 13.1. The first kappa shape index (κ1) is 11.6. The highest BCUT2D eigenvalue weighted by atomic mass is 32.1. The van der Waals surface area contributed by atoms with Gasteiger partial charge in [0.2, 0.25) is 10.7 Å². The average molecular weight is 276 g/mol. The molecule has 1 aliphatic rings. The number of hydrogen-bond acceptors (Lipinski definition) is 4. The molecule has 1 aromatic heterocycles. The second-order valence-corrected chi connectivity index (χ2v) is 4.88. The van der Waals surface area contributed by atoms with Gasteiger partial charge < -0.3 is 5.32 Å². The smallest absolute Gasteiger partial charge is 0.207 e. The molecule has 0 aliphatic carbocycles. The molecule has 3 rings (SSSR count). The van der Waals surface area contributed by atoms with Gasteiger partial charge in [-0.2, -0.15) is 4.98 Å². The maximum Gasteiger partial charge on any atom is 0.207 e. The molecule has 1 aromatic carbocycles. The van der Waals surface area contributed by atoms with E-state index >= 15 is 0 Å². The minimum absolute atomic E-state index is 0.532.